The van der Waals surface area contributed by atoms with Crippen LogP contribution in [0.5, 0.6) is 0 Å². The number of hydrogen-bond donors (Lipinski definition) is 2. The van der Waals surface area contributed by atoms with E-state index in [1.165, 1.54) is 0 Å². The van der Waals surface area contributed by atoms with E-state index in [-0.39, 0.29) is 29.6 Å². The van der Waals surface area contributed by atoms with E-state index in [9.17, 15) is 0 Å². The Kier molecular flexibility index (Phi) is 5.17. The van der Waals surface area contributed by atoms with Crippen LogP contribution >= 0.6 is 12.6 Å². The van der Waals surface area contributed by atoms with Gasteiger partial charge in [-0.2, -0.15) is 0 Å². The molecule has 0 aliphatic carbocycles. The van der Waals surface area contributed by atoms with Gasteiger partial charge in [-0.25, -0.2) is 4.98 Å². The molecular formula is C6H9N2NaS. The van der Waals surface area contributed by atoms with Gasteiger partial charge in [-0.15, -0.1) is 12.6 Å². The standard InChI is InChI=1S/C6H8N2S.Na.H/c1-7-6-5(9)3-2-4-8-6;;/h2-4,9H,1H3,(H,7,8);;. The second kappa shape index (κ2) is 5.02. The number of nitrogens with one attached hydrogen (secondary N) is 1. The molecule has 1 aromatic rings. The summed E-state index contributed by atoms with van der Waals surface area (Å²) in [5.74, 6) is 0.820. The van der Waals surface area contributed by atoms with Gasteiger partial charge in [0.05, 0.1) is 0 Å². The van der Waals surface area contributed by atoms with Gasteiger partial charge in [0.1, 0.15) is 5.82 Å². The molecule has 0 radical (unpaired) electrons. The molecule has 1 heterocycles. The second-order valence-corrected chi connectivity index (χ2v) is 2.10. The Bertz CT molecular complexity index is 205. The number of anilines is 1. The van der Waals surface area contributed by atoms with Crippen molar-refractivity contribution >= 4 is 48.0 Å². The van der Waals surface area contributed by atoms with Crippen LogP contribution in [0.25, 0.3) is 0 Å². The fourth-order valence-corrected chi connectivity index (χ4v) is 0.845. The first kappa shape index (κ1) is 10.3. The molecule has 0 unspecified atom stereocenters. The average Bonchev–Trinajstić information content (AvgIpc) is 1.89. The average molecular weight is 164 g/mol. The van der Waals surface area contributed by atoms with Gasteiger partial charge >= 0.3 is 29.6 Å². The quantitative estimate of drug-likeness (QED) is 0.473. The molecule has 0 fully saturated rings. The molecule has 0 aliphatic rings. The van der Waals surface area contributed by atoms with Gasteiger partial charge in [-0.05, 0) is 12.1 Å². The van der Waals surface area contributed by atoms with E-state index in [1.807, 2.05) is 19.2 Å². The van der Waals surface area contributed by atoms with Crippen LogP contribution in [0, 0.1) is 0 Å². The Morgan fingerprint density at radius 3 is 2.70 bits per heavy atom. The fourth-order valence-electron chi connectivity index (χ4n) is 0.589. The normalized spacial score (nSPS) is 8.20. The van der Waals surface area contributed by atoms with E-state index in [0.717, 1.165) is 10.7 Å². The summed E-state index contributed by atoms with van der Waals surface area (Å²) in [6, 6.07) is 3.74. The van der Waals surface area contributed by atoms with Gasteiger partial charge < -0.3 is 5.32 Å². The van der Waals surface area contributed by atoms with Gasteiger partial charge in [0.2, 0.25) is 0 Å². The summed E-state index contributed by atoms with van der Waals surface area (Å²) in [6.45, 7) is 0. The van der Waals surface area contributed by atoms with E-state index in [2.05, 4.69) is 22.9 Å². The van der Waals surface area contributed by atoms with E-state index < -0.39 is 0 Å². The first-order valence-corrected chi connectivity index (χ1v) is 3.11. The van der Waals surface area contributed by atoms with Crippen molar-refractivity contribution in [2.75, 3.05) is 12.4 Å². The molecule has 0 saturated carbocycles. The Labute approximate surface area is 88.1 Å². The summed E-state index contributed by atoms with van der Waals surface area (Å²) >= 11 is 4.15. The van der Waals surface area contributed by atoms with Gasteiger partial charge in [0, 0.05) is 18.1 Å². The molecule has 0 spiro atoms. The minimum absolute atomic E-state index is 0. The number of thiol groups is 1. The van der Waals surface area contributed by atoms with Crippen LogP contribution in [0.15, 0.2) is 23.2 Å². The van der Waals surface area contributed by atoms with Crippen LogP contribution < -0.4 is 5.32 Å². The Morgan fingerprint density at radius 1 is 1.60 bits per heavy atom. The van der Waals surface area contributed by atoms with E-state index in [4.69, 9.17) is 0 Å². The Hall–Kier alpha value is 0.300. The van der Waals surface area contributed by atoms with Crippen molar-refractivity contribution in [2.24, 2.45) is 0 Å². The van der Waals surface area contributed by atoms with Crippen molar-refractivity contribution < 1.29 is 0 Å². The molecule has 1 aromatic heterocycles. The van der Waals surface area contributed by atoms with E-state index >= 15 is 0 Å². The topological polar surface area (TPSA) is 24.9 Å². The van der Waals surface area contributed by atoms with Crippen LogP contribution in [0.3, 0.4) is 0 Å². The third kappa shape index (κ3) is 2.50. The molecule has 1 rings (SSSR count). The maximum atomic E-state index is 4.15. The molecule has 0 atom stereocenters. The van der Waals surface area contributed by atoms with Gasteiger partial charge in [0.25, 0.3) is 0 Å². The van der Waals surface area contributed by atoms with E-state index in [1.54, 1.807) is 6.20 Å². The van der Waals surface area contributed by atoms with Gasteiger partial charge in [-0.3, -0.25) is 0 Å². The van der Waals surface area contributed by atoms with Crippen LogP contribution in [0.1, 0.15) is 0 Å². The Morgan fingerprint density at radius 2 is 2.30 bits per heavy atom. The summed E-state index contributed by atoms with van der Waals surface area (Å²) in [6.07, 6.45) is 1.73. The zero-order chi connectivity index (χ0) is 6.69. The zero-order valence-electron chi connectivity index (χ0n) is 5.13. The Balaban J connectivity index is 0.000000810. The number of pyridine rings is 1. The summed E-state index contributed by atoms with van der Waals surface area (Å²) in [5.41, 5.74) is 0. The third-order valence-electron chi connectivity index (χ3n) is 1.02. The molecule has 0 aromatic carbocycles. The predicted octanol–water partition coefficient (Wildman–Crippen LogP) is 0.763. The van der Waals surface area contributed by atoms with Crippen LogP contribution in [0.4, 0.5) is 5.82 Å². The molecule has 0 bridgehead atoms. The second-order valence-electron chi connectivity index (χ2n) is 1.62. The van der Waals surface area contributed by atoms with E-state index in [0.29, 0.717) is 0 Å². The van der Waals surface area contributed by atoms with Crippen molar-refractivity contribution in [3.05, 3.63) is 18.3 Å². The van der Waals surface area contributed by atoms with Crippen molar-refractivity contribution in [3.63, 3.8) is 0 Å². The molecule has 50 valence electrons. The number of nitrogens with zero attached hydrogens (tertiary/aromatic N) is 1. The van der Waals surface area contributed by atoms with Gasteiger partial charge in [0.15, 0.2) is 0 Å². The summed E-state index contributed by atoms with van der Waals surface area (Å²) < 4.78 is 0. The molecule has 10 heavy (non-hydrogen) atoms. The molecular weight excluding hydrogens is 155 g/mol. The monoisotopic (exact) mass is 164 g/mol. The summed E-state index contributed by atoms with van der Waals surface area (Å²) in [5, 5.41) is 2.91. The molecule has 0 amide bonds. The van der Waals surface area contributed by atoms with Crippen molar-refractivity contribution in [1.82, 2.24) is 4.98 Å². The molecule has 2 nitrogen and oxygen atoms in total. The van der Waals surface area contributed by atoms with Crippen LogP contribution in [-0.4, -0.2) is 41.6 Å². The van der Waals surface area contributed by atoms with Crippen molar-refractivity contribution in [2.45, 2.75) is 4.90 Å². The van der Waals surface area contributed by atoms with Gasteiger partial charge in [-0.1, -0.05) is 0 Å². The van der Waals surface area contributed by atoms with Crippen LogP contribution in [-0.2, 0) is 0 Å². The summed E-state index contributed by atoms with van der Waals surface area (Å²) in [4.78, 5) is 4.88. The first-order valence-electron chi connectivity index (χ1n) is 2.66. The van der Waals surface area contributed by atoms with Crippen molar-refractivity contribution in [3.8, 4) is 0 Å². The molecule has 1 N–H and O–H groups in total. The third-order valence-corrected chi connectivity index (χ3v) is 1.38. The fraction of sp³-hybridized carbons (Fsp3) is 0.167. The van der Waals surface area contributed by atoms with Crippen LogP contribution in [0.2, 0.25) is 0 Å². The number of rotatable bonds is 1. The SMILES string of the molecule is CNc1ncccc1S.[NaH]. The molecule has 0 saturated heterocycles. The molecule has 4 heteroatoms. The molecule has 0 aliphatic heterocycles. The zero-order valence-corrected chi connectivity index (χ0v) is 6.02. The summed E-state index contributed by atoms with van der Waals surface area (Å²) in [7, 11) is 1.82. The maximum absolute atomic E-state index is 4.15. The number of aromatic nitrogens is 1. The first-order chi connectivity index (χ1) is 4.34. The number of hydrogen-bond acceptors (Lipinski definition) is 3. The minimum atomic E-state index is 0. The van der Waals surface area contributed by atoms with Crippen molar-refractivity contribution in [1.29, 1.82) is 0 Å². The predicted molar refractivity (Wildman–Crippen MR) is 48.2 cm³/mol.